The predicted molar refractivity (Wildman–Crippen MR) is 66.5 cm³/mol. The van der Waals surface area contributed by atoms with E-state index in [4.69, 9.17) is 0 Å². The lowest BCUT2D eigenvalue weighted by molar-refractivity contribution is 0.0404. The van der Waals surface area contributed by atoms with Gasteiger partial charge in [-0.15, -0.1) is 0 Å². The van der Waals surface area contributed by atoms with E-state index in [-0.39, 0.29) is 6.10 Å². The molecule has 0 aromatic heterocycles. The molecule has 0 spiro atoms. The number of hydrogen-bond acceptors (Lipinski definition) is 2. The van der Waals surface area contributed by atoms with E-state index in [0.29, 0.717) is 11.8 Å². The molecule has 1 aromatic rings. The Balaban J connectivity index is 1.78. The lowest BCUT2D eigenvalue weighted by Gasteiger charge is -2.41. The molecule has 0 saturated carbocycles. The van der Waals surface area contributed by atoms with Crippen molar-refractivity contribution in [1.82, 2.24) is 4.90 Å². The van der Waals surface area contributed by atoms with Gasteiger partial charge in [0.15, 0.2) is 0 Å². The smallest absolute Gasteiger partial charge is 0.0689 e. The first-order valence-corrected chi connectivity index (χ1v) is 6.12. The number of likely N-dealkylation sites (tertiary alicyclic amines) is 1. The van der Waals surface area contributed by atoms with Crippen LogP contribution in [0.5, 0.6) is 0 Å². The molecule has 2 heteroatoms. The van der Waals surface area contributed by atoms with E-state index in [0.717, 1.165) is 19.6 Å². The number of aliphatic hydroxyl groups is 1. The fraction of sp³-hybridized carbons (Fsp3) is 0.571. The van der Waals surface area contributed by atoms with Gasteiger partial charge >= 0.3 is 0 Å². The average Bonchev–Trinajstić information content (AvgIpc) is 2.23. The lowest BCUT2D eigenvalue weighted by Crippen LogP contribution is -2.49. The van der Waals surface area contributed by atoms with E-state index >= 15 is 0 Å². The summed E-state index contributed by atoms with van der Waals surface area (Å²) in [5.41, 5.74) is 1.43. The van der Waals surface area contributed by atoms with Crippen molar-refractivity contribution < 1.29 is 5.11 Å². The van der Waals surface area contributed by atoms with E-state index in [1.54, 1.807) is 0 Å². The molecule has 1 fully saturated rings. The Morgan fingerprint density at radius 2 is 1.88 bits per heavy atom. The zero-order valence-electron chi connectivity index (χ0n) is 10.1. The van der Waals surface area contributed by atoms with E-state index < -0.39 is 0 Å². The third-order valence-corrected chi connectivity index (χ3v) is 3.44. The first kappa shape index (κ1) is 11.6. The maximum absolute atomic E-state index is 9.78. The molecule has 1 aliphatic rings. The Bertz CT molecular complexity index is 317. The molecule has 0 bridgehead atoms. The molecular formula is C14H21NO. The van der Waals surface area contributed by atoms with Gasteiger partial charge in [-0.2, -0.15) is 0 Å². The molecule has 1 unspecified atom stereocenters. The van der Waals surface area contributed by atoms with Gasteiger partial charge in [0, 0.05) is 25.6 Å². The van der Waals surface area contributed by atoms with E-state index in [1.165, 1.54) is 5.56 Å². The van der Waals surface area contributed by atoms with Gasteiger partial charge in [0.25, 0.3) is 0 Å². The molecule has 1 saturated heterocycles. The number of benzene rings is 1. The standard InChI is InChI=1S/C14H21NO/c1-11(2)14(16)10-15-8-13(9-15)12-6-4-3-5-7-12/h3-7,11,13-14,16H,8-10H2,1-2H3. The molecule has 0 aliphatic carbocycles. The highest BCUT2D eigenvalue weighted by Gasteiger charge is 2.29. The second-order valence-electron chi connectivity index (χ2n) is 5.14. The Hall–Kier alpha value is -0.860. The van der Waals surface area contributed by atoms with Crippen LogP contribution in [0.4, 0.5) is 0 Å². The molecule has 1 aromatic carbocycles. The summed E-state index contributed by atoms with van der Waals surface area (Å²) < 4.78 is 0. The maximum atomic E-state index is 9.78. The number of rotatable bonds is 4. The summed E-state index contributed by atoms with van der Waals surface area (Å²) in [5.74, 6) is 1.02. The van der Waals surface area contributed by atoms with Crippen LogP contribution >= 0.6 is 0 Å². The molecule has 1 atom stereocenters. The third kappa shape index (κ3) is 2.63. The lowest BCUT2D eigenvalue weighted by atomic mass is 9.90. The normalized spacial score (nSPS) is 19.8. The molecule has 2 rings (SSSR count). The van der Waals surface area contributed by atoms with Gasteiger partial charge in [-0.05, 0) is 11.5 Å². The van der Waals surface area contributed by atoms with Crippen LogP contribution in [0.1, 0.15) is 25.3 Å². The average molecular weight is 219 g/mol. The highest BCUT2D eigenvalue weighted by atomic mass is 16.3. The Kier molecular flexibility index (Phi) is 3.62. The molecule has 1 aliphatic heterocycles. The Morgan fingerprint density at radius 1 is 1.25 bits per heavy atom. The minimum Gasteiger partial charge on any atom is -0.392 e. The zero-order chi connectivity index (χ0) is 11.5. The van der Waals surface area contributed by atoms with Crippen molar-refractivity contribution in [1.29, 1.82) is 0 Å². The molecule has 2 nitrogen and oxygen atoms in total. The van der Waals surface area contributed by atoms with Gasteiger partial charge in [-0.25, -0.2) is 0 Å². The van der Waals surface area contributed by atoms with Crippen molar-refractivity contribution >= 4 is 0 Å². The highest BCUT2D eigenvalue weighted by molar-refractivity contribution is 5.22. The van der Waals surface area contributed by atoms with E-state index in [1.807, 2.05) is 0 Å². The van der Waals surface area contributed by atoms with Crippen molar-refractivity contribution in [2.24, 2.45) is 5.92 Å². The van der Waals surface area contributed by atoms with Crippen LogP contribution in [0.15, 0.2) is 30.3 Å². The van der Waals surface area contributed by atoms with Crippen LogP contribution in [0.25, 0.3) is 0 Å². The predicted octanol–water partition coefficient (Wildman–Crippen LogP) is 2.10. The van der Waals surface area contributed by atoms with Crippen molar-refractivity contribution in [3.63, 3.8) is 0 Å². The SMILES string of the molecule is CC(C)C(O)CN1CC(c2ccccc2)C1. The number of hydrogen-bond donors (Lipinski definition) is 1. The van der Waals surface area contributed by atoms with Gasteiger partial charge in [0.1, 0.15) is 0 Å². The summed E-state index contributed by atoms with van der Waals surface area (Å²) in [6, 6.07) is 10.6. The van der Waals surface area contributed by atoms with Gasteiger partial charge in [-0.1, -0.05) is 44.2 Å². The van der Waals surface area contributed by atoms with Crippen LogP contribution < -0.4 is 0 Å². The second-order valence-corrected chi connectivity index (χ2v) is 5.14. The minimum atomic E-state index is -0.184. The van der Waals surface area contributed by atoms with Crippen LogP contribution in [-0.2, 0) is 0 Å². The summed E-state index contributed by atoms with van der Waals surface area (Å²) in [4.78, 5) is 2.34. The molecule has 16 heavy (non-hydrogen) atoms. The Morgan fingerprint density at radius 3 is 2.44 bits per heavy atom. The monoisotopic (exact) mass is 219 g/mol. The van der Waals surface area contributed by atoms with Gasteiger partial charge in [0.2, 0.25) is 0 Å². The fourth-order valence-corrected chi connectivity index (χ4v) is 2.13. The molecule has 1 N–H and O–H groups in total. The summed E-state index contributed by atoms with van der Waals surface area (Å²) >= 11 is 0. The summed E-state index contributed by atoms with van der Waals surface area (Å²) in [7, 11) is 0. The van der Waals surface area contributed by atoms with Gasteiger partial charge in [-0.3, -0.25) is 4.90 Å². The summed E-state index contributed by atoms with van der Waals surface area (Å²) in [6.45, 7) is 7.14. The number of β-amino-alcohol motifs (C(OH)–C–C–N with tert-alkyl or cyclic N) is 1. The van der Waals surface area contributed by atoms with E-state index in [2.05, 4.69) is 49.1 Å². The second kappa shape index (κ2) is 4.98. The van der Waals surface area contributed by atoms with Crippen molar-refractivity contribution in [3.05, 3.63) is 35.9 Å². The van der Waals surface area contributed by atoms with Crippen LogP contribution in [-0.4, -0.2) is 35.7 Å². The highest BCUT2D eigenvalue weighted by Crippen LogP contribution is 2.27. The van der Waals surface area contributed by atoms with Gasteiger partial charge < -0.3 is 5.11 Å². The Labute approximate surface area is 97.9 Å². The maximum Gasteiger partial charge on any atom is 0.0689 e. The molecule has 0 amide bonds. The summed E-state index contributed by atoms with van der Waals surface area (Å²) in [6.07, 6.45) is -0.184. The van der Waals surface area contributed by atoms with Crippen LogP contribution in [0, 0.1) is 5.92 Å². The van der Waals surface area contributed by atoms with Crippen molar-refractivity contribution in [2.75, 3.05) is 19.6 Å². The van der Waals surface area contributed by atoms with Crippen molar-refractivity contribution in [3.8, 4) is 0 Å². The van der Waals surface area contributed by atoms with E-state index in [9.17, 15) is 5.11 Å². The zero-order valence-corrected chi connectivity index (χ0v) is 10.1. The quantitative estimate of drug-likeness (QED) is 0.838. The first-order chi connectivity index (χ1) is 7.66. The van der Waals surface area contributed by atoms with Gasteiger partial charge in [0.05, 0.1) is 6.10 Å². The van der Waals surface area contributed by atoms with Crippen molar-refractivity contribution in [2.45, 2.75) is 25.9 Å². The largest absolute Gasteiger partial charge is 0.392 e. The third-order valence-electron chi connectivity index (χ3n) is 3.44. The molecular weight excluding hydrogens is 198 g/mol. The summed E-state index contributed by atoms with van der Waals surface area (Å²) in [5, 5.41) is 9.78. The van der Waals surface area contributed by atoms with Crippen LogP contribution in [0.2, 0.25) is 0 Å². The first-order valence-electron chi connectivity index (χ1n) is 6.12. The number of nitrogens with zero attached hydrogens (tertiary/aromatic N) is 1. The number of aliphatic hydroxyl groups excluding tert-OH is 1. The fourth-order valence-electron chi connectivity index (χ4n) is 2.13. The molecule has 1 heterocycles. The van der Waals surface area contributed by atoms with Crippen LogP contribution in [0.3, 0.4) is 0 Å². The molecule has 0 radical (unpaired) electrons. The minimum absolute atomic E-state index is 0.184. The topological polar surface area (TPSA) is 23.5 Å². The molecule has 88 valence electrons.